The molecule has 11 heavy (non-hydrogen) atoms. The van der Waals surface area contributed by atoms with E-state index in [1.165, 1.54) is 32.1 Å². The molecular weight excluding hydrogens is 132 g/mol. The molecule has 0 aromatic carbocycles. The maximum Gasteiger partial charge on any atom is -0.0414 e. The van der Waals surface area contributed by atoms with Gasteiger partial charge in [-0.05, 0) is 18.3 Å². The molecule has 0 amide bonds. The molecular formula is C11H23. The lowest BCUT2D eigenvalue weighted by Gasteiger charge is -2.16. The van der Waals surface area contributed by atoms with Crippen LogP contribution in [0.15, 0.2) is 0 Å². The van der Waals surface area contributed by atoms with E-state index in [9.17, 15) is 0 Å². The van der Waals surface area contributed by atoms with Gasteiger partial charge in [0.25, 0.3) is 0 Å². The second-order valence-corrected chi connectivity index (χ2v) is 3.76. The highest BCUT2D eigenvalue weighted by Crippen LogP contribution is 2.20. The van der Waals surface area contributed by atoms with Gasteiger partial charge in [0, 0.05) is 0 Å². The lowest BCUT2D eigenvalue weighted by atomic mass is 9.90. The van der Waals surface area contributed by atoms with Gasteiger partial charge in [-0.2, -0.15) is 0 Å². The van der Waals surface area contributed by atoms with E-state index in [-0.39, 0.29) is 0 Å². The molecule has 1 radical (unpaired) electrons. The average molecular weight is 155 g/mol. The maximum atomic E-state index is 4.03. The maximum absolute atomic E-state index is 4.03. The third kappa shape index (κ3) is 6.40. The zero-order valence-electron chi connectivity index (χ0n) is 8.40. The van der Waals surface area contributed by atoms with E-state index >= 15 is 0 Å². The minimum atomic E-state index is 0.636. The molecule has 0 bridgehead atoms. The van der Waals surface area contributed by atoms with E-state index in [4.69, 9.17) is 0 Å². The molecule has 0 saturated heterocycles. The van der Waals surface area contributed by atoms with Crippen molar-refractivity contribution in [3.05, 3.63) is 6.92 Å². The highest BCUT2D eigenvalue weighted by Gasteiger charge is 2.07. The van der Waals surface area contributed by atoms with Crippen LogP contribution in [-0.2, 0) is 0 Å². The van der Waals surface area contributed by atoms with Crippen LogP contribution >= 0.6 is 0 Å². The van der Waals surface area contributed by atoms with Crippen LogP contribution in [0.2, 0.25) is 0 Å². The Morgan fingerprint density at radius 1 is 1.27 bits per heavy atom. The van der Waals surface area contributed by atoms with Gasteiger partial charge in [0.15, 0.2) is 0 Å². The fourth-order valence-electron chi connectivity index (χ4n) is 1.55. The molecule has 0 aromatic rings. The van der Waals surface area contributed by atoms with Crippen LogP contribution in [0.25, 0.3) is 0 Å². The van der Waals surface area contributed by atoms with Crippen molar-refractivity contribution in [2.45, 2.75) is 52.9 Å². The smallest absolute Gasteiger partial charge is 0.0414 e. The summed E-state index contributed by atoms with van der Waals surface area (Å²) in [7, 11) is 0. The molecule has 2 atom stereocenters. The van der Waals surface area contributed by atoms with Crippen molar-refractivity contribution >= 4 is 0 Å². The summed E-state index contributed by atoms with van der Waals surface area (Å²) in [6.45, 7) is 10.8. The van der Waals surface area contributed by atoms with Gasteiger partial charge in [-0.15, -0.1) is 0 Å². The van der Waals surface area contributed by atoms with Gasteiger partial charge in [0.1, 0.15) is 0 Å². The zero-order chi connectivity index (χ0) is 8.69. The van der Waals surface area contributed by atoms with Gasteiger partial charge in [-0.1, -0.05) is 53.4 Å². The Bertz CT molecular complexity index is 74.1. The van der Waals surface area contributed by atoms with Crippen LogP contribution in [-0.4, -0.2) is 0 Å². The second kappa shape index (κ2) is 6.69. The van der Waals surface area contributed by atoms with Crippen molar-refractivity contribution in [1.29, 1.82) is 0 Å². The first kappa shape index (κ1) is 11.0. The first-order valence-electron chi connectivity index (χ1n) is 5.03. The molecule has 0 saturated carbocycles. The van der Waals surface area contributed by atoms with E-state index in [1.807, 2.05) is 0 Å². The summed E-state index contributed by atoms with van der Waals surface area (Å²) < 4.78 is 0. The summed E-state index contributed by atoms with van der Waals surface area (Å²) in [6.07, 6.45) is 6.79. The normalized spacial score (nSPS) is 13.9. The van der Waals surface area contributed by atoms with E-state index in [2.05, 4.69) is 27.7 Å². The largest absolute Gasteiger partial charge is 0.0654 e. The topological polar surface area (TPSA) is 0 Å². The molecule has 0 spiro atoms. The van der Waals surface area contributed by atoms with Crippen molar-refractivity contribution in [2.75, 3.05) is 0 Å². The summed E-state index contributed by atoms with van der Waals surface area (Å²) in [5.41, 5.74) is 0. The van der Waals surface area contributed by atoms with Gasteiger partial charge in [-0.3, -0.25) is 0 Å². The van der Waals surface area contributed by atoms with Gasteiger partial charge in [0.2, 0.25) is 0 Å². The third-order valence-electron chi connectivity index (χ3n) is 2.28. The minimum absolute atomic E-state index is 0.636. The summed E-state index contributed by atoms with van der Waals surface area (Å²) in [5.74, 6) is 1.57. The highest BCUT2D eigenvalue weighted by atomic mass is 14.1. The van der Waals surface area contributed by atoms with E-state index in [0.29, 0.717) is 5.92 Å². The Kier molecular flexibility index (Phi) is 6.69. The SMILES string of the molecule is [CH2]C(C)CC(CC)CCCC. The second-order valence-electron chi connectivity index (χ2n) is 3.76. The van der Waals surface area contributed by atoms with Gasteiger partial charge in [-0.25, -0.2) is 0 Å². The first-order chi connectivity index (χ1) is 5.20. The van der Waals surface area contributed by atoms with Crippen LogP contribution in [0.1, 0.15) is 52.9 Å². The molecule has 67 valence electrons. The molecule has 0 N–H and O–H groups in total. The summed E-state index contributed by atoms with van der Waals surface area (Å²) in [6, 6.07) is 0. The molecule has 0 fully saturated rings. The van der Waals surface area contributed by atoms with E-state index in [1.54, 1.807) is 0 Å². The summed E-state index contributed by atoms with van der Waals surface area (Å²) in [4.78, 5) is 0. The van der Waals surface area contributed by atoms with Gasteiger partial charge >= 0.3 is 0 Å². The van der Waals surface area contributed by atoms with E-state index < -0.39 is 0 Å². The molecule has 2 unspecified atom stereocenters. The Morgan fingerprint density at radius 3 is 2.27 bits per heavy atom. The third-order valence-corrected chi connectivity index (χ3v) is 2.28. The fraction of sp³-hybridized carbons (Fsp3) is 0.909. The lowest BCUT2D eigenvalue weighted by molar-refractivity contribution is 0.382. The van der Waals surface area contributed by atoms with E-state index in [0.717, 1.165) is 5.92 Å². The molecule has 0 heteroatoms. The Balaban J connectivity index is 3.41. The Hall–Kier alpha value is 0. The molecule has 0 rings (SSSR count). The molecule has 0 heterocycles. The van der Waals surface area contributed by atoms with Crippen LogP contribution in [0, 0.1) is 18.8 Å². The van der Waals surface area contributed by atoms with Crippen molar-refractivity contribution in [3.8, 4) is 0 Å². The highest BCUT2D eigenvalue weighted by molar-refractivity contribution is 4.63. The van der Waals surface area contributed by atoms with Crippen molar-refractivity contribution in [2.24, 2.45) is 11.8 Å². The molecule has 0 aromatic heterocycles. The van der Waals surface area contributed by atoms with Gasteiger partial charge < -0.3 is 0 Å². The van der Waals surface area contributed by atoms with Crippen LogP contribution < -0.4 is 0 Å². The Labute approximate surface area is 72.4 Å². The number of hydrogen-bond donors (Lipinski definition) is 0. The standard InChI is InChI=1S/C11H23/c1-5-7-8-11(6-2)9-10(3)4/h10-11H,3,5-9H2,1-2,4H3. The zero-order valence-corrected chi connectivity index (χ0v) is 8.40. The lowest BCUT2D eigenvalue weighted by Crippen LogP contribution is -2.03. The molecule has 0 aliphatic carbocycles. The number of unbranched alkanes of at least 4 members (excludes halogenated alkanes) is 1. The molecule has 0 aliphatic heterocycles. The average Bonchev–Trinajstić information content (AvgIpc) is 1.97. The van der Waals surface area contributed by atoms with Crippen LogP contribution in [0.3, 0.4) is 0 Å². The Morgan fingerprint density at radius 2 is 1.91 bits per heavy atom. The minimum Gasteiger partial charge on any atom is -0.0654 e. The summed E-state index contributed by atoms with van der Waals surface area (Å²) in [5, 5.41) is 0. The predicted octanol–water partition coefficient (Wildman–Crippen LogP) is 4.06. The quantitative estimate of drug-likeness (QED) is 0.542. The monoisotopic (exact) mass is 155 g/mol. The first-order valence-corrected chi connectivity index (χ1v) is 5.03. The number of rotatable bonds is 6. The fourth-order valence-corrected chi connectivity index (χ4v) is 1.55. The van der Waals surface area contributed by atoms with Crippen LogP contribution in [0.5, 0.6) is 0 Å². The number of hydrogen-bond acceptors (Lipinski definition) is 0. The van der Waals surface area contributed by atoms with Crippen molar-refractivity contribution < 1.29 is 0 Å². The predicted molar refractivity (Wildman–Crippen MR) is 52.4 cm³/mol. The van der Waals surface area contributed by atoms with Gasteiger partial charge in [0.05, 0.1) is 0 Å². The molecule has 0 nitrogen and oxygen atoms in total. The van der Waals surface area contributed by atoms with Crippen molar-refractivity contribution in [3.63, 3.8) is 0 Å². The van der Waals surface area contributed by atoms with Crippen LogP contribution in [0.4, 0.5) is 0 Å². The molecule has 0 aliphatic rings. The van der Waals surface area contributed by atoms with Crippen molar-refractivity contribution in [1.82, 2.24) is 0 Å². The summed E-state index contributed by atoms with van der Waals surface area (Å²) >= 11 is 0.